The molecule has 0 saturated carbocycles. The second-order valence-corrected chi connectivity index (χ2v) is 8.18. The molecule has 2 aromatic heterocycles. The highest BCUT2D eigenvalue weighted by molar-refractivity contribution is 5.76. The topological polar surface area (TPSA) is 106 Å². The van der Waals surface area contributed by atoms with Crippen LogP contribution in [-0.2, 0) is 16.0 Å². The number of aromatic nitrogens is 3. The zero-order chi connectivity index (χ0) is 21.0. The Labute approximate surface area is 169 Å². The Hall–Kier alpha value is -2.97. The second-order valence-electron chi connectivity index (χ2n) is 8.18. The Kier molecular flexibility index (Phi) is 6.14. The molecular formula is C20H27N5O4. The van der Waals surface area contributed by atoms with Crippen LogP contribution < -0.4 is 10.9 Å². The minimum absolute atomic E-state index is 0.00935. The average Bonchev–Trinajstić information content (AvgIpc) is 2.66. The Bertz CT molecular complexity index is 942. The number of carbonyl (C=O) groups is 2. The molecule has 0 bridgehead atoms. The van der Waals surface area contributed by atoms with Crippen LogP contribution in [0.1, 0.15) is 45.7 Å². The molecule has 1 fully saturated rings. The quantitative estimate of drug-likeness (QED) is 0.833. The molecule has 0 radical (unpaired) electrons. The van der Waals surface area contributed by atoms with Crippen LogP contribution in [0.15, 0.2) is 29.2 Å². The number of amides is 2. The molecule has 0 spiro atoms. The first-order chi connectivity index (χ1) is 13.7. The predicted octanol–water partition coefficient (Wildman–Crippen LogP) is 1.54. The standard InChI is InChI=1S/C20H27N5O4/c1-20(2,3)29-19(28)21-14-9-12-24(13-10-14)17(26)8-7-15-18(27)25-11-5-4-6-16(25)23-22-15/h4-6,11,14H,7-10,12-13H2,1-3H3,(H,21,28). The van der Waals surface area contributed by atoms with Gasteiger partial charge in [-0.05, 0) is 45.7 Å². The Balaban J connectivity index is 1.49. The monoisotopic (exact) mass is 401 g/mol. The van der Waals surface area contributed by atoms with Crippen molar-refractivity contribution in [1.82, 2.24) is 24.8 Å². The summed E-state index contributed by atoms with van der Waals surface area (Å²) in [6.45, 7) is 6.57. The lowest BCUT2D eigenvalue weighted by molar-refractivity contribution is -0.132. The summed E-state index contributed by atoms with van der Waals surface area (Å²) >= 11 is 0. The number of aryl methyl sites for hydroxylation is 1. The van der Waals surface area contributed by atoms with Crippen molar-refractivity contribution in [3.8, 4) is 0 Å². The lowest BCUT2D eigenvalue weighted by Gasteiger charge is -2.33. The number of pyridine rings is 1. The molecule has 2 amide bonds. The van der Waals surface area contributed by atoms with Gasteiger partial charge in [0.2, 0.25) is 5.91 Å². The molecule has 1 aliphatic heterocycles. The van der Waals surface area contributed by atoms with Gasteiger partial charge in [-0.25, -0.2) is 4.79 Å². The van der Waals surface area contributed by atoms with Crippen molar-refractivity contribution in [3.05, 3.63) is 40.4 Å². The minimum Gasteiger partial charge on any atom is -0.444 e. The Morgan fingerprint density at radius 2 is 1.93 bits per heavy atom. The summed E-state index contributed by atoms with van der Waals surface area (Å²) in [4.78, 5) is 38.6. The number of carbonyl (C=O) groups excluding carboxylic acids is 2. The summed E-state index contributed by atoms with van der Waals surface area (Å²) in [5.41, 5.74) is -0.0233. The number of hydrogen-bond acceptors (Lipinski definition) is 6. The molecule has 0 aliphatic carbocycles. The smallest absolute Gasteiger partial charge is 0.407 e. The Morgan fingerprint density at radius 1 is 1.21 bits per heavy atom. The van der Waals surface area contributed by atoms with Crippen LogP contribution in [-0.4, -0.2) is 56.2 Å². The van der Waals surface area contributed by atoms with Crippen LogP contribution in [0.25, 0.3) is 5.65 Å². The van der Waals surface area contributed by atoms with Crippen molar-refractivity contribution in [1.29, 1.82) is 0 Å². The van der Waals surface area contributed by atoms with E-state index < -0.39 is 11.7 Å². The molecule has 1 N–H and O–H groups in total. The fourth-order valence-electron chi connectivity index (χ4n) is 3.27. The SMILES string of the molecule is CC(C)(C)OC(=O)NC1CCN(C(=O)CCc2nnc3ccccn3c2=O)CC1. The summed E-state index contributed by atoms with van der Waals surface area (Å²) in [6.07, 6.45) is 3.00. The van der Waals surface area contributed by atoms with Crippen molar-refractivity contribution in [2.24, 2.45) is 0 Å². The van der Waals surface area contributed by atoms with E-state index >= 15 is 0 Å². The fraction of sp³-hybridized carbons (Fsp3) is 0.550. The number of ether oxygens (including phenoxy) is 1. The van der Waals surface area contributed by atoms with E-state index in [1.807, 2.05) is 20.8 Å². The predicted molar refractivity (Wildman–Crippen MR) is 107 cm³/mol. The molecule has 1 aliphatic rings. The third-order valence-electron chi connectivity index (χ3n) is 4.72. The molecule has 3 rings (SSSR count). The van der Waals surface area contributed by atoms with Gasteiger partial charge in [-0.15, -0.1) is 10.2 Å². The second kappa shape index (κ2) is 8.59. The van der Waals surface area contributed by atoms with Gasteiger partial charge in [0.25, 0.3) is 5.56 Å². The number of rotatable bonds is 4. The van der Waals surface area contributed by atoms with Gasteiger partial charge in [0, 0.05) is 38.2 Å². The third kappa shape index (κ3) is 5.52. The van der Waals surface area contributed by atoms with Gasteiger partial charge in [-0.1, -0.05) is 6.07 Å². The van der Waals surface area contributed by atoms with E-state index in [-0.39, 0.29) is 36.0 Å². The number of fused-ring (bicyclic) bond motifs is 1. The maximum atomic E-state index is 12.5. The van der Waals surface area contributed by atoms with Crippen LogP contribution in [0.3, 0.4) is 0 Å². The van der Waals surface area contributed by atoms with Gasteiger partial charge in [-0.2, -0.15) is 0 Å². The van der Waals surface area contributed by atoms with Crippen LogP contribution in [0.2, 0.25) is 0 Å². The van der Waals surface area contributed by atoms with E-state index in [9.17, 15) is 14.4 Å². The van der Waals surface area contributed by atoms with Crippen molar-refractivity contribution in [3.63, 3.8) is 0 Å². The van der Waals surface area contributed by atoms with E-state index in [2.05, 4.69) is 15.5 Å². The molecule has 1 saturated heterocycles. The van der Waals surface area contributed by atoms with Gasteiger partial charge < -0.3 is 15.0 Å². The normalized spacial score (nSPS) is 15.3. The number of nitrogens with zero attached hydrogens (tertiary/aromatic N) is 4. The van der Waals surface area contributed by atoms with Crippen LogP contribution in [0, 0.1) is 0 Å². The first-order valence-electron chi connectivity index (χ1n) is 9.83. The molecule has 0 atom stereocenters. The number of alkyl carbamates (subject to hydrolysis) is 1. The van der Waals surface area contributed by atoms with E-state index in [0.717, 1.165) is 0 Å². The van der Waals surface area contributed by atoms with Crippen LogP contribution >= 0.6 is 0 Å². The van der Waals surface area contributed by atoms with Gasteiger partial charge >= 0.3 is 6.09 Å². The molecule has 3 heterocycles. The molecule has 9 nitrogen and oxygen atoms in total. The first-order valence-corrected chi connectivity index (χ1v) is 9.83. The summed E-state index contributed by atoms with van der Waals surface area (Å²) in [5, 5.41) is 10.9. The molecule has 2 aromatic rings. The summed E-state index contributed by atoms with van der Waals surface area (Å²) < 4.78 is 6.70. The molecule has 0 unspecified atom stereocenters. The number of hydrogen-bond donors (Lipinski definition) is 1. The van der Waals surface area contributed by atoms with E-state index in [0.29, 0.717) is 31.6 Å². The lowest BCUT2D eigenvalue weighted by atomic mass is 10.0. The summed E-state index contributed by atoms with van der Waals surface area (Å²) in [6, 6.07) is 5.23. The van der Waals surface area contributed by atoms with Crippen LogP contribution in [0.4, 0.5) is 4.79 Å². The molecular weight excluding hydrogens is 374 g/mol. The van der Waals surface area contributed by atoms with Crippen LogP contribution in [0.5, 0.6) is 0 Å². The third-order valence-corrected chi connectivity index (χ3v) is 4.72. The van der Waals surface area contributed by atoms with Gasteiger partial charge in [0.1, 0.15) is 11.3 Å². The zero-order valence-corrected chi connectivity index (χ0v) is 17.1. The average molecular weight is 401 g/mol. The molecule has 9 heteroatoms. The first kappa shape index (κ1) is 20.8. The highest BCUT2D eigenvalue weighted by atomic mass is 16.6. The number of likely N-dealkylation sites (tertiary alicyclic amines) is 1. The minimum atomic E-state index is -0.537. The highest BCUT2D eigenvalue weighted by Gasteiger charge is 2.25. The molecule has 156 valence electrons. The largest absolute Gasteiger partial charge is 0.444 e. The van der Waals surface area contributed by atoms with E-state index in [1.54, 1.807) is 29.3 Å². The van der Waals surface area contributed by atoms with Crippen molar-refractivity contribution < 1.29 is 14.3 Å². The maximum Gasteiger partial charge on any atom is 0.407 e. The van der Waals surface area contributed by atoms with Crippen molar-refractivity contribution in [2.45, 2.75) is 58.1 Å². The molecule has 29 heavy (non-hydrogen) atoms. The zero-order valence-electron chi connectivity index (χ0n) is 17.1. The Morgan fingerprint density at radius 3 is 2.62 bits per heavy atom. The summed E-state index contributed by atoms with van der Waals surface area (Å²) in [7, 11) is 0. The van der Waals surface area contributed by atoms with E-state index in [1.165, 1.54) is 4.40 Å². The van der Waals surface area contributed by atoms with Gasteiger partial charge in [-0.3, -0.25) is 14.0 Å². The van der Waals surface area contributed by atoms with Crippen molar-refractivity contribution >= 4 is 17.6 Å². The maximum absolute atomic E-state index is 12.5. The number of nitrogens with one attached hydrogen (secondary N) is 1. The van der Waals surface area contributed by atoms with Crippen molar-refractivity contribution in [2.75, 3.05) is 13.1 Å². The fourth-order valence-corrected chi connectivity index (χ4v) is 3.27. The van der Waals surface area contributed by atoms with Gasteiger partial charge in [0.05, 0.1) is 0 Å². The number of piperidine rings is 1. The molecule has 0 aromatic carbocycles. The van der Waals surface area contributed by atoms with E-state index in [4.69, 9.17) is 4.74 Å². The lowest BCUT2D eigenvalue weighted by Crippen LogP contribution is -2.47. The van der Waals surface area contributed by atoms with Gasteiger partial charge in [0.15, 0.2) is 5.65 Å². The highest BCUT2D eigenvalue weighted by Crippen LogP contribution is 2.14. The summed E-state index contributed by atoms with van der Waals surface area (Å²) in [5.74, 6) is -0.0277.